The molecule has 17 heavy (non-hydrogen) atoms. The Morgan fingerprint density at radius 1 is 1.18 bits per heavy atom. The van der Waals surface area contributed by atoms with Crippen LogP contribution < -0.4 is 5.14 Å². The van der Waals surface area contributed by atoms with Crippen molar-refractivity contribution in [2.45, 2.75) is 10.5 Å². The highest BCUT2D eigenvalue weighted by Gasteiger charge is 2.30. The molecular weight excluding hydrogens is 271 g/mol. The van der Waals surface area contributed by atoms with Crippen molar-refractivity contribution in [2.24, 2.45) is 5.14 Å². The summed E-state index contributed by atoms with van der Waals surface area (Å²) in [6, 6.07) is 4.70. The van der Waals surface area contributed by atoms with Crippen molar-refractivity contribution >= 4 is 23.5 Å². The summed E-state index contributed by atoms with van der Waals surface area (Å²) in [4.78, 5) is 4.05. The fourth-order valence-electron chi connectivity index (χ4n) is 1.18. The van der Waals surface area contributed by atoms with Crippen LogP contribution in [0.4, 0.5) is 13.2 Å². The van der Waals surface area contributed by atoms with E-state index in [4.69, 9.17) is 5.14 Å². The van der Waals surface area contributed by atoms with Gasteiger partial charge in [-0.1, -0.05) is 12.1 Å². The predicted octanol–water partition coefficient (Wildman–Crippen LogP) is 3.19. The van der Waals surface area contributed by atoms with Gasteiger partial charge >= 0.3 is 6.18 Å². The molecule has 0 amide bonds. The number of aromatic nitrogens is 2. The first-order valence-corrected chi connectivity index (χ1v) is 6.04. The number of rotatable bonds is 2. The third-order valence-corrected chi connectivity index (χ3v) is 3.30. The summed E-state index contributed by atoms with van der Waals surface area (Å²) >= 11 is 2.07. The summed E-state index contributed by atoms with van der Waals surface area (Å²) in [5, 5.41) is 5.30. The third-order valence-electron chi connectivity index (χ3n) is 1.98. The van der Waals surface area contributed by atoms with Gasteiger partial charge in [-0.05, 0) is 35.6 Å². The van der Waals surface area contributed by atoms with Gasteiger partial charge < -0.3 is 0 Å². The number of hydrogen-bond donors (Lipinski definition) is 1. The average Bonchev–Trinajstić information content (AvgIpc) is 2.76. The quantitative estimate of drug-likeness (QED) is 0.856. The minimum Gasteiger partial charge on any atom is -0.272 e. The Kier molecular flexibility index (Phi) is 3.36. The van der Waals surface area contributed by atoms with Crippen LogP contribution in [0.25, 0.3) is 11.4 Å². The van der Waals surface area contributed by atoms with E-state index in [0.29, 0.717) is 15.7 Å². The highest BCUT2D eigenvalue weighted by molar-refractivity contribution is 7.98. The Morgan fingerprint density at radius 2 is 1.82 bits per heavy atom. The maximum atomic E-state index is 12.3. The fourth-order valence-corrected chi connectivity index (χ4v) is 2.04. The van der Waals surface area contributed by atoms with E-state index < -0.39 is 11.7 Å². The number of benzene rings is 1. The van der Waals surface area contributed by atoms with Crippen LogP contribution in [0.3, 0.4) is 0 Å². The van der Waals surface area contributed by atoms with Crippen molar-refractivity contribution in [3.05, 3.63) is 29.8 Å². The van der Waals surface area contributed by atoms with Gasteiger partial charge in [0.05, 0.1) is 5.56 Å². The number of nitrogens with two attached hydrogens (primary N) is 1. The van der Waals surface area contributed by atoms with E-state index in [9.17, 15) is 13.2 Å². The van der Waals surface area contributed by atoms with Crippen molar-refractivity contribution in [3.8, 4) is 11.4 Å². The molecular formula is C9H6F3N3S2. The molecule has 1 aromatic carbocycles. The molecule has 90 valence electrons. The Hall–Kier alpha value is -1.12. The molecule has 1 heterocycles. The Morgan fingerprint density at radius 3 is 2.29 bits per heavy atom. The molecule has 0 unspecified atom stereocenters. The van der Waals surface area contributed by atoms with Crippen LogP contribution >= 0.6 is 23.5 Å². The highest BCUT2D eigenvalue weighted by Crippen LogP contribution is 2.30. The van der Waals surface area contributed by atoms with Crippen LogP contribution in [0.1, 0.15) is 5.56 Å². The first-order chi connectivity index (χ1) is 8.00. The SMILES string of the molecule is NSc1nc(-c2ccc(C(F)(F)F)cc2)ns1. The van der Waals surface area contributed by atoms with Gasteiger partial charge in [0.2, 0.25) is 0 Å². The third kappa shape index (κ3) is 2.76. The normalized spacial score (nSPS) is 11.8. The first kappa shape index (κ1) is 12.3. The molecule has 1 aromatic heterocycles. The number of alkyl halides is 3. The molecule has 2 aromatic rings. The molecule has 0 aliphatic rings. The summed E-state index contributed by atoms with van der Waals surface area (Å²) < 4.78 is 41.6. The van der Waals surface area contributed by atoms with Crippen molar-refractivity contribution in [1.29, 1.82) is 0 Å². The zero-order valence-electron chi connectivity index (χ0n) is 8.23. The van der Waals surface area contributed by atoms with Crippen molar-refractivity contribution in [2.75, 3.05) is 0 Å². The molecule has 2 rings (SSSR count). The Balaban J connectivity index is 2.29. The van der Waals surface area contributed by atoms with Gasteiger partial charge in [-0.3, -0.25) is 5.14 Å². The van der Waals surface area contributed by atoms with Crippen LogP contribution in [0.2, 0.25) is 0 Å². The number of nitrogens with zero attached hydrogens (tertiary/aromatic N) is 2. The monoisotopic (exact) mass is 277 g/mol. The summed E-state index contributed by atoms with van der Waals surface area (Å²) in [5.41, 5.74) is -0.153. The van der Waals surface area contributed by atoms with Crippen LogP contribution in [0.15, 0.2) is 28.6 Å². The lowest BCUT2D eigenvalue weighted by Crippen LogP contribution is -2.04. The van der Waals surface area contributed by atoms with Crippen molar-refractivity contribution in [3.63, 3.8) is 0 Å². The first-order valence-electron chi connectivity index (χ1n) is 4.39. The summed E-state index contributed by atoms with van der Waals surface area (Å²) in [5.74, 6) is 0.386. The van der Waals surface area contributed by atoms with Gasteiger partial charge in [0, 0.05) is 5.56 Å². The molecule has 0 aliphatic carbocycles. The largest absolute Gasteiger partial charge is 0.416 e. The second-order valence-corrected chi connectivity index (χ2v) is 4.71. The molecule has 3 nitrogen and oxygen atoms in total. The zero-order valence-corrected chi connectivity index (χ0v) is 9.86. The second-order valence-electron chi connectivity index (χ2n) is 3.08. The fraction of sp³-hybridized carbons (Fsp3) is 0.111. The minimum absolute atomic E-state index is 0.386. The van der Waals surface area contributed by atoms with Gasteiger partial charge in [-0.2, -0.15) is 17.5 Å². The molecule has 0 saturated carbocycles. The summed E-state index contributed by atoms with van der Waals surface area (Å²) in [6.45, 7) is 0. The number of hydrogen-bond acceptors (Lipinski definition) is 5. The van der Waals surface area contributed by atoms with E-state index in [1.165, 1.54) is 12.1 Å². The Labute approximate surface area is 103 Å². The number of halogens is 3. The predicted molar refractivity (Wildman–Crippen MR) is 60.4 cm³/mol. The van der Waals surface area contributed by atoms with E-state index in [-0.39, 0.29) is 0 Å². The van der Waals surface area contributed by atoms with Gasteiger partial charge in [-0.25, -0.2) is 4.98 Å². The van der Waals surface area contributed by atoms with Gasteiger partial charge in [0.25, 0.3) is 0 Å². The maximum Gasteiger partial charge on any atom is 0.416 e. The van der Waals surface area contributed by atoms with Gasteiger partial charge in [0.1, 0.15) is 0 Å². The van der Waals surface area contributed by atoms with Gasteiger partial charge in [0.15, 0.2) is 10.2 Å². The van der Waals surface area contributed by atoms with Crippen LogP contribution in [-0.4, -0.2) is 9.36 Å². The molecule has 8 heteroatoms. The molecule has 0 saturated heterocycles. The lowest BCUT2D eigenvalue weighted by atomic mass is 10.1. The van der Waals surface area contributed by atoms with E-state index >= 15 is 0 Å². The zero-order chi connectivity index (χ0) is 12.5. The maximum absolute atomic E-state index is 12.3. The van der Waals surface area contributed by atoms with E-state index in [0.717, 1.165) is 35.6 Å². The molecule has 0 aliphatic heterocycles. The lowest BCUT2D eigenvalue weighted by molar-refractivity contribution is -0.137. The minimum atomic E-state index is -4.33. The van der Waals surface area contributed by atoms with E-state index in [1.807, 2.05) is 0 Å². The van der Waals surface area contributed by atoms with Crippen LogP contribution in [-0.2, 0) is 6.18 Å². The van der Waals surface area contributed by atoms with Crippen LogP contribution in [0, 0.1) is 0 Å². The van der Waals surface area contributed by atoms with Crippen molar-refractivity contribution in [1.82, 2.24) is 9.36 Å². The molecule has 0 spiro atoms. The molecule has 0 radical (unpaired) electrons. The second kappa shape index (κ2) is 4.63. The highest BCUT2D eigenvalue weighted by atomic mass is 32.2. The molecule has 0 bridgehead atoms. The van der Waals surface area contributed by atoms with Crippen molar-refractivity contribution < 1.29 is 13.2 Å². The Bertz CT molecular complexity index is 507. The summed E-state index contributed by atoms with van der Waals surface area (Å²) in [7, 11) is 0. The lowest BCUT2D eigenvalue weighted by Gasteiger charge is -2.05. The van der Waals surface area contributed by atoms with E-state index in [1.54, 1.807) is 0 Å². The summed E-state index contributed by atoms with van der Waals surface area (Å²) in [6.07, 6.45) is -4.33. The molecule has 0 atom stereocenters. The standard InChI is InChI=1S/C9H6F3N3S2/c10-9(11,12)6-3-1-5(2-4-6)7-14-8(16-13)17-15-7/h1-4H,13H2. The van der Waals surface area contributed by atoms with Crippen LogP contribution in [0.5, 0.6) is 0 Å². The molecule has 2 N–H and O–H groups in total. The van der Waals surface area contributed by atoms with Gasteiger partial charge in [-0.15, -0.1) is 0 Å². The smallest absolute Gasteiger partial charge is 0.272 e. The van der Waals surface area contributed by atoms with E-state index in [2.05, 4.69) is 9.36 Å². The topological polar surface area (TPSA) is 51.8 Å². The average molecular weight is 277 g/mol. The molecule has 0 fully saturated rings.